The van der Waals surface area contributed by atoms with Gasteiger partial charge >= 0.3 is 5.97 Å². The van der Waals surface area contributed by atoms with Crippen LogP contribution in [0.3, 0.4) is 0 Å². The number of rotatable bonds is 6. The van der Waals surface area contributed by atoms with Crippen LogP contribution in [-0.2, 0) is 11.3 Å². The van der Waals surface area contributed by atoms with Crippen LogP contribution in [0.4, 0.5) is 22.0 Å². The molecule has 0 saturated heterocycles. The highest BCUT2D eigenvalue weighted by Crippen LogP contribution is 2.28. The maximum atomic E-state index is 13.9. The highest BCUT2D eigenvalue weighted by Gasteiger charge is 2.21. The number of esters is 1. The lowest BCUT2D eigenvalue weighted by Gasteiger charge is -2.10. The number of anilines is 3. The molecular formula is C21H18FN5O4. The smallest absolute Gasteiger partial charge is 0.375 e. The summed E-state index contributed by atoms with van der Waals surface area (Å²) >= 11 is 0. The highest BCUT2D eigenvalue weighted by atomic mass is 19.1. The average molecular weight is 423 g/mol. The Hall–Kier alpha value is -4.21. The second-order valence-electron chi connectivity index (χ2n) is 6.51. The predicted molar refractivity (Wildman–Crippen MR) is 111 cm³/mol. The standard InChI is InChI=1S/C21H18FN5O4/c1-11-12-6-5-7-13(22)18(12)31-17(11)19(28)30-10-16-25-20(23)27-21(26-16)24-14-8-3-4-9-15(14)29-2/h3-9H,10H2,1-2H3,(H3,23,24,25,26,27). The van der Waals surface area contributed by atoms with E-state index in [1.54, 1.807) is 38.3 Å². The van der Waals surface area contributed by atoms with Gasteiger partial charge in [0.15, 0.2) is 23.8 Å². The van der Waals surface area contributed by atoms with Crippen molar-refractivity contribution in [3.8, 4) is 5.75 Å². The van der Waals surface area contributed by atoms with Crippen molar-refractivity contribution in [2.45, 2.75) is 13.5 Å². The number of methoxy groups -OCH3 is 1. The molecule has 0 amide bonds. The molecule has 2 aromatic heterocycles. The Morgan fingerprint density at radius 1 is 1.16 bits per heavy atom. The molecule has 3 N–H and O–H groups in total. The van der Waals surface area contributed by atoms with Crippen molar-refractivity contribution in [1.82, 2.24) is 15.0 Å². The van der Waals surface area contributed by atoms with Gasteiger partial charge in [-0.05, 0) is 25.1 Å². The zero-order valence-electron chi connectivity index (χ0n) is 16.7. The summed E-state index contributed by atoms with van der Waals surface area (Å²) in [7, 11) is 1.54. The summed E-state index contributed by atoms with van der Waals surface area (Å²) in [6.45, 7) is 1.36. The third-order valence-electron chi connectivity index (χ3n) is 4.49. The van der Waals surface area contributed by atoms with Crippen molar-refractivity contribution in [3.05, 3.63) is 65.4 Å². The fourth-order valence-corrected chi connectivity index (χ4v) is 3.03. The molecule has 0 fully saturated rings. The fourth-order valence-electron chi connectivity index (χ4n) is 3.03. The monoisotopic (exact) mass is 423 g/mol. The van der Waals surface area contributed by atoms with Crippen LogP contribution in [-0.4, -0.2) is 28.0 Å². The Labute approximate surface area is 176 Å². The van der Waals surface area contributed by atoms with Crippen LogP contribution >= 0.6 is 0 Å². The van der Waals surface area contributed by atoms with Crippen molar-refractivity contribution in [1.29, 1.82) is 0 Å². The molecule has 4 rings (SSSR count). The van der Waals surface area contributed by atoms with E-state index in [0.717, 1.165) is 0 Å². The maximum absolute atomic E-state index is 13.9. The number of hydrogen-bond donors (Lipinski definition) is 2. The van der Waals surface area contributed by atoms with E-state index in [9.17, 15) is 9.18 Å². The van der Waals surface area contributed by atoms with Gasteiger partial charge in [-0.25, -0.2) is 9.18 Å². The number of nitrogen functional groups attached to an aromatic ring is 1. The molecule has 2 aromatic carbocycles. The van der Waals surface area contributed by atoms with Crippen LogP contribution in [0.15, 0.2) is 46.9 Å². The lowest BCUT2D eigenvalue weighted by Crippen LogP contribution is -2.11. The third-order valence-corrected chi connectivity index (χ3v) is 4.49. The lowest BCUT2D eigenvalue weighted by molar-refractivity contribution is 0.0427. The molecule has 0 aliphatic carbocycles. The molecule has 0 spiro atoms. The van der Waals surface area contributed by atoms with Gasteiger partial charge in [-0.2, -0.15) is 15.0 Å². The fraction of sp³-hybridized carbons (Fsp3) is 0.143. The number of furan rings is 1. The van der Waals surface area contributed by atoms with Crippen molar-refractivity contribution < 1.29 is 23.1 Å². The number of carbonyl (C=O) groups excluding carboxylic acids is 1. The third kappa shape index (κ3) is 4.08. The van der Waals surface area contributed by atoms with Crippen LogP contribution in [0.5, 0.6) is 5.75 Å². The molecule has 0 aliphatic rings. The van der Waals surface area contributed by atoms with E-state index in [1.807, 2.05) is 12.1 Å². The number of nitrogens with zero attached hydrogens (tertiary/aromatic N) is 3. The molecule has 158 valence electrons. The van der Waals surface area contributed by atoms with Gasteiger partial charge in [0, 0.05) is 10.9 Å². The van der Waals surface area contributed by atoms with Gasteiger partial charge in [0.1, 0.15) is 5.75 Å². The van der Waals surface area contributed by atoms with E-state index < -0.39 is 11.8 Å². The summed E-state index contributed by atoms with van der Waals surface area (Å²) in [5, 5.41) is 3.49. The second-order valence-corrected chi connectivity index (χ2v) is 6.51. The summed E-state index contributed by atoms with van der Waals surface area (Å²) in [5.41, 5.74) is 6.86. The molecule has 10 heteroatoms. The summed E-state index contributed by atoms with van der Waals surface area (Å²) in [4.78, 5) is 24.7. The molecule has 0 unspecified atom stereocenters. The Morgan fingerprint density at radius 3 is 2.74 bits per heavy atom. The summed E-state index contributed by atoms with van der Waals surface area (Å²) in [5.74, 6) is -0.608. The molecule has 31 heavy (non-hydrogen) atoms. The Balaban J connectivity index is 1.52. The van der Waals surface area contributed by atoms with Crippen LogP contribution < -0.4 is 15.8 Å². The number of nitrogens with one attached hydrogen (secondary N) is 1. The van der Waals surface area contributed by atoms with E-state index in [1.165, 1.54) is 6.07 Å². The number of carbonyl (C=O) groups is 1. The van der Waals surface area contributed by atoms with Crippen LogP contribution in [0.2, 0.25) is 0 Å². The number of ether oxygens (including phenoxy) is 2. The van der Waals surface area contributed by atoms with Gasteiger partial charge in [0.25, 0.3) is 0 Å². The minimum Gasteiger partial charge on any atom is -0.495 e. The largest absolute Gasteiger partial charge is 0.495 e. The first-order valence-electron chi connectivity index (χ1n) is 9.21. The summed E-state index contributed by atoms with van der Waals surface area (Å²) in [6.07, 6.45) is 0. The first-order valence-corrected chi connectivity index (χ1v) is 9.21. The molecule has 0 aliphatic heterocycles. The number of hydrogen-bond acceptors (Lipinski definition) is 9. The van der Waals surface area contributed by atoms with Crippen molar-refractivity contribution in [2.75, 3.05) is 18.2 Å². The number of para-hydroxylation sites is 3. The van der Waals surface area contributed by atoms with Crippen molar-refractivity contribution in [2.24, 2.45) is 0 Å². The number of aromatic nitrogens is 3. The second kappa shape index (κ2) is 8.27. The topological polar surface area (TPSA) is 125 Å². The van der Waals surface area contributed by atoms with Crippen LogP contribution in [0.1, 0.15) is 21.9 Å². The van der Waals surface area contributed by atoms with E-state index in [4.69, 9.17) is 19.6 Å². The summed E-state index contributed by atoms with van der Waals surface area (Å²) in [6, 6.07) is 11.6. The number of nitrogens with two attached hydrogens (primary N) is 1. The van der Waals surface area contributed by atoms with E-state index >= 15 is 0 Å². The molecule has 0 saturated carbocycles. The zero-order valence-corrected chi connectivity index (χ0v) is 16.7. The van der Waals surface area contributed by atoms with Gasteiger partial charge in [0.05, 0.1) is 12.8 Å². The maximum Gasteiger partial charge on any atom is 0.375 e. The van der Waals surface area contributed by atoms with Crippen LogP contribution in [0, 0.1) is 12.7 Å². The molecule has 9 nitrogen and oxygen atoms in total. The van der Waals surface area contributed by atoms with Gasteiger partial charge in [0.2, 0.25) is 17.7 Å². The number of halogens is 1. The summed E-state index contributed by atoms with van der Waals surface area (Å²) < 4.78 is 29.8. The number of fused-ring (bicyclic) bond motifs is 1. The first-order chi connectivity index (χ1) is 15.0. The van der Waals surface area contributed by atoms with Crippen molar-refractivity contribution >= 4 is 34.5 Å². The van der Waals surface area contributed by atoms with Crippen LogP contribution in [0.25, 0.3) is 11.0 Å². The minimum absolute atomic E-state index is 0.000324. The Kier molecular flexibility index (Phi) is 5.35. The number of aryl methyl sites for hydroxylation is 1. The zero-order chi connectivity index (χ0) is 22.0. The predicted octanol–water partition coefficient (Wildman–Crippen LogP) is 3.76. The minimum atomic E-state index is -0.772. The molecule has 4 aromatic rings. The van der Waals surface area contributed by atoms with Gasteiger partial charge < -0.3 is 24.9 Å². The molecule has 0 bridgehead atoms. The lowest BCUT2D eigenvalue weighted by atomic mass is 10.1. The Bertz CT molecular complexity index is 1270. The van der Waals surface area contributed by atoms with Crippen molar-refractivity contribution in [3.63, 3.8) is 0 Å². The van der Waals surface area contributed by atoms with E-state index in [0.29, 0.717) is 22.4 Å². The van der Waals surface area contributed by atoms with E-state index in [2.05, 4.69) is 20.3 Å². The number of benzene rings is 2. The van der Waals surface area contributed by atoms with Gasteiger partial charge in [-0.15, -0.1) is 0 Å². The molecule has 0 atom stereocenters. The highest BCUT2D eigenvalue weighted by molar-refractivity contribution is 5.96. The van der Waals surface area contributed by atoms with E-state index in [-0.39, 0.29) is 35.7 Å². The molecule has 2 heterocycles. The molecular weight excluding hydrogens is 405 g/mol. The van der Waals surface area contributed by atoms with Gasteiger partial charge in [-0.3, -0.25) is 0 Å². The average Bonchev–Trinajstić information content (AvgIpc) is 3.10. The Morgan fingerprint density at radius 2 is 1.97 bits per heavy atom. The normalized spacial score (nSPS) is 10.8. The first kappa shape index (κ1) is 20.1. The SMILES string of the molecule is COc1ccccc1Nc1nc(N)nc(COC(=O)c2oc3c(F)cccc3c2C)n1. The van der Waals surface area contributed by atoms with Gasteiger partial charge in [-0.1, -0.05) is 24.3 Å². The molecule has 0 radical (unpaired) electrons. The quantitative estimate of drug-likeness (QED) is 0.446.